The average Bonchev–Trinajstić information content (AvgIpc) is 2.60. The number of sulfone groups is 1. The van der Waals surface area contributed by atoms with Gasteiger partial charge in [-0.15, -0.1) is 0 Å². The Morgan fingerprint density at radius 1 is 1.19 bits per heavy atom. The van der Waals surface area contributed by atoms with Crippen LogP contribution in [0.15, 0.2) is 47.4 Å². The molecule has 1 aliphatic rings. The van der Waals surface area contributed by atoms with Crippen LogP contribution < -0.4 is 10.6 Å². The van der Waals surface area contributed by atoms with Gasteiger partial charge in [-0.25, -0.2) is 8.42 Å². The first-order valence-corrected chi connectivity index (χ1v) is 10.7. The van der Waals surface area contributed by atoms with Crippen molar-refractivity contribution in [3.8, 4) is 0 Å². The van der Waals surface area contributed by atoms with Crippen molar-refractivity contribution in [2.24, 2.45) is 0 Å². The number of fused-ring (bicyclic) bond motifs is 1. The van der Waals surface area contributed by atoms with Crippen LogP contribution in [0.1, 0.15) is 35.6 Å². The summed E-state index contributed by atoms with van der Waals surface area (Å²) in [4.78, 5) is 12.6. The van der Waals surface area contributed by atoms with E-state index in [2.05, 4.69) is 22.8 Å². The van der Waals surface area contributed by atoms with Crippen molar-refractivity contribution in [1.82, 2.24) is 5.32 Å². The number of hydrogen-bond donors (Lipinski definition) is 2. The predicted molar refractivity (Wildman–Crippen MR) is 103 cm³/mol. The molecule has 0 fully saturated rings. The molecule has 1 amide bonds. The normalized spacial score (nSPS) is 16.6. The predicted octanol–water partition coefficient (Wildman–Crippen LogP) is 3.00. The van der Waals surface area contributed by atoms with Crippen molar-refractivity contribution in [2.75, 3.05) is 18.1 Å². The minimum Gasteiger partial charge on any atom is -0.376 e. The fourth-order valence-electron chi connectivity index (χ4n) is 3.35. The highest BCUT2D eigenvalue weighted by Crippen LogP contribution is 2.29. The van der Waals surface area contributed by atoms with Gasteiger partial charge in [-0.1, -0.05) is 30.3 Å². The zero-order valence-corrected chi connectivity index (χ0v) is 15.9. The molecule has 0 saturated carbocycles. The highest BCUT2D eigenvalue weighted by atomic mass is 32.2. The summed E-state index contributed by atoms with van der Waals surface area (Å²) in [5.41, 5.74) is 4.05. The van der Waals surface area contributed by atoms with Gasteiger partial charge in [-0.3, -0.25) is 4.79 Å². The van der Waals surface area contributed by atoms with Gasteiger partial charge >= 0.3 is 0 Å². The van der Waals surface area contributed by atoms with E-state index in [-0.39, 0.29) is 23.4 Å². The topological polar surface area (TPSA) is 75.3 Å². The Labute approximate surface area is 154 Å². The Morgan fingerprint density at radius 2 is 1.96 bits per heavy atom. The number of aryl methyl sites for hydroxylation is 2. The van der Waals surface area contributed by atoms with Crippen LogP contribution in [0.3, 0.4) is 0 Å². The van der Waals surface area contributed by atoms with E-state index in [0.29, 0.717) is 5.69 Å². The average molecular weight is 372 g/mol. The third-order valence-electron chi connectivity index (χ3n) is 4.78. The Bertz CT molecular complexity index is 922. The van der Waals surface area contributed by atoms with Gasteiger partial charge in [0.2, 0.25) is 5.91 Å². The zero-order valence-electron chi connectivity index (χ0n) is 15.1. The van der Waals surface area contributed by atoms with Crippen molar-refractivity contribution < 1.29 is 13.2 Å². The van der Waals surface area contributed by atoms with Gasteiger partial charge in [-0.2, -0.15) is 0 Å². The van der Waals surface area contributed by atoms with Crippen molar-refractivity contribution in [2.45, 2.75) is 37.1 Å². The first-order valence-electron chi connectivity index (χ1n) is 8.76. The number of rotatable bonds is 5. The summed E-state index contributed by atoms with van der Waals surface area (Å²) in [6.07, 6.45) is 4.23. The second kappa shape index (κ2) is 7.50. The van der Waals surface area contributed by atoms with Gasteiger partial charge < -0.3 is 10.6 Å². The van der Waals surface area contributed by atoms with Crippen molar-refractivity contribution in [1.29, 1.82) is 0 Å². The minimum atomic E-state index is -3.28. The number of hydrogen-bond acceptors (Lipinski definition) is 4. The molecule has 2 aromatic rings. The summed E-state index contributed by atoms with van der Waals surface area (Å²) in [6, 6.07) is 13.2. The van der Waals surface area contributed by atoms with Gasteiger partial charge in [0.1, 0.15) is 0 Å². The molecule has 0 radical (unpaired) electrons. The molecule has 0 aliphatic heterocycles. The van der Waals surface area contributed by atoms with E-state index in [4.69, 9.17) is 0 Å². The molecule has 2 N–H and O–H groups in total. The summed E-state index contributed by atoms with van der Waals surface area (Å²) in [5.74, 6) is -0.101. The molecule has 6 heteroatoms. The SMILES string of the molecule is Cc1ccc(S(C)(=O)=O)cc1NCC(=O)NC1CCCc2ccccc21. The number of carbonyl (C=O) groups is 1. The number of anilines is 1. The fraction of sp³-hybridized carbons (Fsp3) is 0.350. The first-order chi connectivity index (χ1) is 12.3. The molecular formula is C20H24N2O3S. The smallest absolute Gasteiger partial charge is 0.239 e. The van der Waals surface area contributed by atoms with E-state index >= 15 is 0 Å². The molecule has 5 nitrogen and oxygen atoms in total. The fourth-order valence-corrected chi connectivity index (χ4v) is 3.99. The lowest BCUT2D eigenvalue weighted by Gasteiger charge is -2.26. The molecule has 0 spiro atoms. The van der Waals surface area contributed by atoms with Crippen molar-refractivity contribution in [3.05, 3.63) is 59.2 Å². The maximum Gasteiger partial charge on any atom is 0.239 e. The molecule has 1 unspecified atom stereocenters. The quantitative estimate of drug-likeness (QED) is 0.846. The first kappa shape index (κ1) is 18.5. The van der Waals surface area contributed by atoms with Gasteiger partial charge in [0.15, 0.2) is 9.84 Å². The molecule has 1 atom stereocenters. The molecule has 0 bridgehead atoms. The van der Waals surface area contributed by atoms with Crippen molar-refractivity contribution >= 4 is 21.4 Å². The maximum atomic E-state index is 12.4. The number of amides is 1. The third kappa shape index (κ3) is 4.25. The molecule has 0 heterocycles. The maximum absolute atomic E-state index is 12.4. The molecule has 2 aromatic carbocycles. The standard InChI is InChI=1S/C20H24N2O3S/c1-14-10-11-16(26(2,24)25)12-19(14)21-13-20(23)22-18-9-5-7-15-6-3-4-8-17(15)18/h3-4,6,8,10-12,18,21H,5,7,9,13H2,1-2H3,(H,22,23). The van der Waals surface area contributed by atoms with E-state index < -0.39 is 9.84 Å². The number of benzene rings is 2. The van der Waals surface area contributed by atoms with Crippen LogP contribution in [0.2, 0.25) is 0 Å². The van der Waals surface area contributed by atoms with E-state index in [0.717, 1.165) is 24.8 Å². The Hall–Kier alpha value is -2.34. The zero-order chi connectivity index (χ0) is 18.7. The van der Waals surface area contributed by atoms with E-state index in [1.54, 1.807) is 18.2 Å². The van der Waals surface area contributed by atoms with Crippen molar-refractivity contribution in [3.63, 3.8) is 0 Å². The summed E-state index contributed by atoms with van der Waals surface area (Å²) in [6.45, 7) is 1.98. The van der Waals surface area contributed by atoms with Crippen LogP contribution in [0.4, 0.5) is 5.69 Å². The highest BCUT2D eigenvalue weighted by molar-refractivity contribution is 7.90. The lowest BCUT2D eigenvalue weighted by Crippen LogP contribution is -2.35. The van der Waals surface area contributed by atoms with E-state index in [1.165, 1.54) is 17.4 Å². The molecule has 1 aliphatic carbocycles. The molecule has 0 saturated heterocycles. The number of carbonyl (C=O) groups excluding carboxylic acids is 1. The second-order valence-electron chi connectivity index (χ2n) is 6.81. The van der Waals surface area contributed by atoms with Gasteiger partial charge in [0, 0.05) is 11.9 Å². The lowest BCUT2D eigenvalue weighted by molar-refractivity contribution is -0.120. The van der Waals surface area contributed by atoms with Crippen LogP contribution >= 0.6 is 0 Å². The largest absolute Gasteiger partial charge is 0.376 e. The summed E-state index contributed by atoms with van der Waals surface area (Å²) in [5, 5.41) is 6.15. The molecule has 0 aromatic heterocycles. The molecular weight excluding hydrogens is 348 g/mol. The minimum absolute atomic E-state index is 0.0395. The Balaban J connectivity index is 1.65. The van der Waals surface area contributed by atoms with Crippen LogP contribution in [0.5, 0.6) is 0 Å². The Kier molecular flexibility index (Phi) is 5.32. The van der Waals surface area contributed by atoms with Crippen LogP contribution in [-0.2, 0) is 21.1 Å². The van der Waals surface area contributed by atoms with Crippen LogP contribution in [0, 0.1) is 6.92 Å². The Morgan fingerprint density at radius 3 is 2.73 bits per heavy atom. The van der Waals surface area contributed by atoms with E-state index in [9.17, 15) is 13.2 Å². The van der Waals surface area contributed by atoms with Gasteiger partial charge in [0.25, 0.3) is 0 Å². The van der Waals surface area contributed by atoms with Gasteiger partial charge in [-0.05, 0) is 55.0 Å². The number of nitrogens with one attached hydrogen (secondary N) is 2. The summed E-state index contributed by atoms with van der Waals surface area (Å²) in [7, 11) is -3.28. The van der Waals surface area contributed by atoms with Crippen LogP contribution in [0.25, 0.3) is 0 Å². The summed E-state index contributed by atoms with van der Waals surface area (Å²) < 4.78 is 23.4. The molecule has 138 valence electrons. The van der Waals surface area contributed by atoms with Gasteiger partial charge in [0.05, 0.1) is 17.5 Å². The monoisotopic (exact) mass is 372 g/mol. The summed E-state index contributed by atoms with van der Waals surface area (Å²) >= 11 is 0. The second-order valence-corrected chi connectivity index (χ2v) is 8.83. The lowest BCUT2D eigenvalue weighted by atomic mass is 9.88. The molecule has 3 rings (SSSR count). The molecule has 26 heavy (non-hydrogen) atoms. The third-order valence-corrected chi connectivity index (χ3v) is 5.89. The van der Waals surface area contributed by atoms with E-state index in [1.807, 2.05) is 19.1 Å². The highest BCUT2D eigenvalue weighted by Gasteiger charge is 2.21. The van der Waals surface area contributed by atoms with Crippen LogP contribution in [-0.4, -0.2) is 27.1 Å².